The fourth-order valence-corrected chi connectivity index (χ4v) is 3.56. The van der Waals surface area contributed by atoms with Crippen LogP contribution in [0.15, 0.2) is 18.2 Å². The molecule has 0 unspecified atom stereocenters. The van der Waals surface area contributed by atoms with Crippen LogP contribution >= 0.6 is 0 Å². The normalized spacial score (nSPS) is 14.1. The molecule has 0 saturated heterocycles. The summed E-state index contributed by atoms with van der Waals surface area (Å²) in [6, 6.07) is 6.06. The van der Waals surface area contributed by atoms with Crippen molar-refractivity contribution in [3.8, 4) is 0 Å². The van der Waals surface area contributed by atoms with Crippen molar-refractivity contribution >= 4 is 15.7 Å². The van der Waals surface area contributed by atoms with Gasteiger partial charge in [-0.3, -0.25) is 4.79 Å². The highest BCUT2D eigenvalue weighted by molar-refractivity contribution is 7.92. The SMILES string of the molecule is CCCS(=O)(=O)CC(=O)NCc1ccc2c(c1)CNC2. The first kappa shape index (κ1) is 15.0. The van der Waals surface area contributed by atoms with Gasteiger partial charge in [-0.25, -0.2) is 8.42 Å². The summed E-state index contributed by atoms with van der Waals surface area (Å²) in [7, 11) is -3.27. The van der Waals surface area contributed by atoms with E-state index in [0.717, 1.165) is 18.7 Å². The lowest BCUT2D eigenvalue weighted by Crippen LogP contribution is -2.30. The molecule has 1 amide bonds. The molecule has 0 radical (unpaired) electrons. The fourth-order valence-electron chi connectivity index (χ4n) is 2.29. The van der Waals surface area contributed by atoms with Gasteiger partial charge in [0.05, 0.1) is 5.75 Å². The van der Waals surface area contributed by atoms with Crippen LogP contribution in [0.1, 0.15) is 30.0 Å². The number of fused-ring (bicyclic) bond motifs is 1. The van der Waals surface area contributed by atoms with Crippen LogP contribution in [0.3, 0.4) is 0 Å². The van der Waals surface area contributed by atoms with Crippen LogP contribution in [0.4, 0.5) is 0 Å². The summed E-state index contributed by atoms with van der Waals surface area (Å²) < 4.78 is 23.1. The second-order valence-corrected chi connectivity index (χ2v) is 7.26. The lowest BCUT2D eigenvalue weighted by molar-refractivity contribution is -0.118. The molecule has 0 saturated carbocycles. The van der Waals surface area contributed by atoms with Crippen molar-refractivity contribution < 1.29 is 13.2 Å². The smallest absolute Gasteiger partial charge is 0.235 e. The third-order valence-corrected chi connectivity index (χ3v) is 4.99. The van der Waals surface area contributed by atoms with E-state index in [9.17, 15) is 13.2 Å². The van der Waals surface area contributed by atoms with Crippen LogP contribution in [0.25, 0.3) is 0 Å². The molecule has 2 rings (SSSR count). The molecule has 2 N–H and O–H groups in total. The van der Waals surface area contributed by atoms with Crippen molar-refractivity contribution in [1.82, 2.24) is 10.6 Å². The van der Waals surface area contributed by atoms with Crippen molar-refractivity contribution in [3.05, 3.63) is 34.9 Å². The van der Waals surface area contributed by atoms with Crippen molar-refractivity contribution in [2.45, 2.75) is 33.0 Å². The Morgan fingerprint density at radius 2 is 2.05 bits per heavy atom. The van der Waals surface area contributed by atoms with Crippen molar-refractivity contribution in [2.75, 3.05) is 11.5 Å². The highest BCUT2D eigenvalue weighted by Crippen LogP contribution is 2.16. The molecule has 1 aromatic carbocycles. The second kappa shape index (κ2) is 6.37. The third kappa shape index (κ3) is 4.05. The van der Waals surface area contributed by atoms with Gasteiger partial charge in [0.2, 0.25) is 5.91 Å². The quantitative estimate of drug-likeness (QED) is 0.811. The van der Waals surface area contributed by atoms with Gasteiger partial charge >= 0.3 is 0 Å². The number of carbonyl (C=O) groups is 1. The van der Waals surface area contributed by atoms with E-state index in [0.29, 0.717) is 13.0 Å². The van der Waals surface area contributed by atoms with Crippen LogP contribution in [-0.2, 0) is 34.3 Å². The van der Waals surface area contributed by atoms with Crippen LogP contribution in [0, 0.1) is 0 Å². The number of nitrogens with one attached hydrogen (secondary N) is 2. The summed E-state index contributed by atoms with van der Waals surface area (Å²) in [6.07, 6.45) is 0.535. The molecule has 1 aromatic rings. The second-order valence-electron chi connectivity index (χ2n) is 5.08. The largest absolute Gasteiger partial charge is 0.351 e. The van der Waals surface area contributed by atoms with E-state index in [1.807, 2.05) is 12.1 Å². The maximum absolute atomic E-state index is 11.6. The molecule has 1 heterocycles. The highest BCUT2D eigenvalue weighted by Gasteiger charge is 2.15. The van der Waals surface area contributed by atoms with Crippen LogP contribution in [0.2, 0.25) is 0 Å². The number of rotatable bonds is 6. The Morgan fingerprint density at radius 1 is 1.30 bits per heavy atom. The molecule has 0 fully saturated rings. The Balaban J connectivity index is 1.87. The minimum absolute atomic E-state index is 0.0605. The molecular formula is C14H20N2O3S. The molecule has 1 aliphatic rings. The van der Waals surface area contributed by atoms with Crippen LogP contribution in [0.5, 0.6) is 0 Å². The summed E-state index contributed by atoms with van der Waals surface area (Å²) in [5, 5.41) is 5.92. The number of hydrogen-bond donors (Lipinski definition) is 2. The predicted octanol–water partition coefficient (Wildman–Crippen LogP) is 0.731. The Labute approximate surface area is 119 Å². The molecular weight excluding hydrogens is 276 g/mol. The molecule has 5 nitrogen and oxygen atoms in total. The van der Waals surface area contributed by atoms with Crippen LogP contribution in [-0.4, -0.2) is 25.8 Å². The third-order valence-electron chi connectivity index (χ3n) is 3.26. The summed E-state index contributed by atoms with van der Waals surface area (Å²) in [4.78, 5) is 11.6. The van der Waals surface area contributed by atoms with Crippen LogP contribution < -0.4 is 10.6 Å². The van der Waals surface area contributed by atoms with E-state index in [4.69, 9.17) is 0 Å². The van der Waals surface area contributed by atoms with Gasteiger partial charge in [0.1, 0.15) is 5.75 Å². The summed E-state index contributed by atoms with van der Waals surface area (Å²) in [5.41, 5.74) is 3.52. The summed E-state index contributed by atoms with van der Waals surface area (Å²) in [5.74, 6) is -0.796. The Bertz CT molecular complexity index is 596. The number of amides is 1. The zero-order valence-electron chi connectivity index (χ0n) is 11.6. The van der Waals surface area contributed by atoms with E-state index in [1.165, 1.54) is 11.1 Å². The lowest BCUT2D eigenvalue weighted by Gasteiger charge is -2.07. The first-order valence-electron chi connectivity index (χ1n) is 6.78. The monoisotopic (exact) mass is 296 g/mol. The standard InChI is InChI=1S/C14H20N2O3S/c1-2-5-20(18,19)10-14(17)16-7-11-3-4-12-8-15-9-13(12)6-11/h3-4,6,15H,2,5,7-10H2,1H3,(H,16,17). The Hall–Kier alpha value is -1.40. The molecule has 110 valence electrons. The van der Waals surface area contributed by atoms with Gasteiger partial charge in [-0.05, 0) is 23.1 Å². The van der Waals surface area contributed by atoms with Gasteiger partial charge in [-0.1, -0.05) is 25.1 Å². The van der Waals surface area contributed by atoms with Gasteiger partial charge in [0.15, 0.2) is 9.84 Å². The first-order chi connectivity index (χ1) is 9.50. The van der Waals surface area contributed by atoms with Crippen molar-refractivity contribution in [1.29, 1.82) is 0 Å². The van der Waals surface area contributed by atoms with Gasteiger partial charge in [0.25, 0.3) is 0 Å². The molecule has 1 aliphatic heterocycles. The predicted molar refractivity (Wildman–Crippen MR) is 77.8 cm³/mol. The molecule has 6 heteroatoms. The average molecular weight is 296 g/mol. The van der Waals surface area contributed by atoms with E-state index in [-0.39, 0.29) is 5.75 Å². The van der Waals surface area contributed by atoms with Crippen molar-refractivity contribution in [3.63, 3.8) is 0 Å². The molecule has 0 atom stereocenters. The summed E-state index contributed by atoms with van der Waals surface area (Å²) in [6.45, 7) is 3.89. The Morgan fingerprint density at radius 3 is 2.80 bits per heavy atom. The number of carbonyl (C=O) groups excluding carboxylic acids is 1. The first-order valence-corrected chi connectivity index (χ1v) is 8.61. The number of sulfone groups is 1. The highest BCUT2D eigenvalue weighted by atomic mass is 32.2. The zero-order valence-corrected chi connectivity index (χ0v) is 12.4. The van der Waals surface area contributed by atoms with Gasteiger partial charge < -0.3 is 10.6 Å². The minimum Gasteiger partial charge on any atom is -0.351 e. The maximum Gasteiger partial charge on any atom is 0.235 e. The number of hydrogen-bond acceptors (Lipinski definition) is 4. The molecule has 0 bridgehead atoms. The zero-order chi connectivity index (χ0) is 14.6. The molecule has 20 heavy (non-hydrogen) atoms. The Kier molecular flexibility index (Phi) is 4.77. The van der Waals surface area contributed by atoms with E-state index >= 15 is 0 Å². The number of benzene rings is 1. The average Bonchev–Trinajstić information content (AvgIpc) is 2.82. The topological polar surface area (TPSA) is 75.3 Å². The summed E-state index contributed by atoms with van der Waals surface area (Å²) >= 11 is 0. The molecule has 0 aliphatic carbocycles. The minimum atomic E-state index is -3.27. The van der Waals surface area contributed by atoms with E-state index < -0.39 is 21.5 Å². The van der Waals surface area contributed by atoms with E-state index in [2.05, 4.69) is 16.7 Å². The van der Waals surface area contributed by atoms with Gasteiger partial charge in [-0.15, -0.1) is 0 Å². The van der Waals surface area contributed by atoms with E-state index in [1.54, 1.807) is 6.92 Å². The molecule has 0 spiro atoms. The van der Waals surface area contributed by atoms with Gasteiger partial charge in [0, 0.05) is 19.6 Å². The van der Waals surface area contributed by atoms with Gasteiger partial charge in [-0.2, -0.15) is 0 Å². The maximum atomic E-state index is 11.6. The lowest BCUT2D eigenvalue weighted by atomic mass is 10.1. The fraction of sp³-hybridized carbons (Fsp3) is 0.500. The van der Waals surface area contributed by atoms with Crippen molar-refractivity contribution in [2.24, 2.45) is 0 Å². The molecule has 0 aromatic heterocycles.